The molecule has 4 nitrogen and oxygen atoms in total. The average molecular weight is 465 g/mol. The fourth-order valence-electron chi connectivity index (χ4n) is 4.09. The average Bonchev–Trinajstić information content (AvgIpc) is 3.48. The molecule has 166 valence electrons. The number of hydrogen-bond acceptors (Lipinski definition) is 4. The molecular weight excluding hydrogens is 436 g/mol. The highest BCUT2D eigenvalue weighted by Crippen LogP contribution is 2.35. The Kier molecular flexibility index (Phi) is 7.33. The summed E-state index contributed by atoms with van der Waals surface area (Å²) in [6.07, 6.45) is 4.44. The van der Waals surface area contributed by atoms with Crippen molar-refractivity contribution in [2.75, 3.05) is 5.32 Å². The molecule has 6 heteroatoms. The lowest BCUT2D eigenvalue weighted by Gasteiger charge is -2.29. The maximum atomic E-state index is 13.6. The first-order valence-corrected chi connectivity index (χ1v) is 12.7. The first-order valence-electron chi connectivity index (χ1n) is 11.0. The zero-order valence-corrected chi connectivity index (χ0v) is 20.1. The maximum absolute atomic E-state index is 13.6. The number of rotatable bonds is 7. The number of aryl methyl sites for hydroxylation is 1. The van der Waals surface area contributed by atoms with E-state index in [-0.39, 0.29) is 17.9 Å². The van der Waals surface area contributed by atoms with Crippen LogP contribution in [0.1, 0.15) is 53.4 Å². The third-order valence-corrected chi connectivity index (χ3v) is 7.66. The molecule has 3 aromatic rings. The summed E-state index contributed by atoms with van der Waals surface area (Å²) < 4.78 is 0. The minimum Gasteiger partial charge on any atom is -0.331 e. The van der Waals surface area contributed by atoms with Crippen molar-refractivity contribution in [2.24, 2.45) is 0 Å². The molecule has 0 spiro atoms. The Morgan fingerprint density at radius 2 is 1.84 bits per heavy atom. The molecule has 1 N–H and O–H groups in total. The van der Waals surface area contributed by atoms with Gasteiger partial charge in [0, 0.05) is 33.2 Å². The molecule has 1 fully saturated rings. The minimum absolute atomic E-state index is 0.0313. The van der Waals surface area contributed by atoms with Crippen molar-refractivity contribution in [2.45, 2.75) is 61.9 Å². The van der Waals surface area contributed by atoms with Crippen molar-refractivity contribution in [1.29, 1.82) is 0 Å². The van der Waals surface area contributed by atoms with E-state index in [0.29, 0.717) is 17.8 Å². The van der Waals surface area contributed by atoms with Gasteiger partial charge >= 0.3 is 0 Å². The molecule has 2 aromatic carbocycles. The van der Waals surface area contributed by atoms with E-state index in [4.69, 9.17) is 0 Å². The standard InChI is InChI=1S/C26H28N2O2S2/c1-18-9-12-22(13-10-18)32-25-14-11-20(16-24(25)27-19(2)29)26(30)28(21-6-3-4-7-21)17-23-8-5-15-31-23/h5,8-16,21H,3-4,6-7,17H2,1-2H3,(H,27,29). The van der Waals surface area contributed by atoms with Crippen LogP contribution in [0.25, 0.3) is 0 Å². The van der Waals surface area contributed by atoms with Crippen LogP contribution < -0.4 is 5.32 Å². The molecular formula is C26H28N2O2S2. The molecule has 0 atom stereocenters. The maximum Gasteiger partial charge on any atom is 0.254 e. The largest absolute Gasteiger partial charge is 0.331 e. The third kappa shape index (κ3) is 5.61. The van der Waals surface area contributed by atoms with Gasteiger partial charge < -0.3 is 10.2 Å². The van der Waals surface area contributed by atoms with Crippen molar-refractivity contribution < 1.29 is 9.59 Å². The van der Waals surface area contributed by atoms with Crippen LogP contribution in [0.2, 0.25) is 0 Å². The van der Waals surface area contributed by atoms with Crippen molar-refractivity contribution in [1.82, 2.24) is 4.90 Å². The monoisotopic (exact) mass is 464 g/mol. The molecule has 1 aromatic heterocycles. The summed E-state index contributed by atoms with van der Waals surface area (Å²) in [7, 11) is 0. The van der Waals surface area contributed by atoms with E-state index in [0.717, 1.165) is 22.6 Å². The Hall–Kier alpha value is -2.57. The molecule has 1 aliphatic carbocycles. The summed E-state index contributed by atoms with van der Waals surface area (Å²) in [5.74, 6) is -0.115. The summed E-state index contributed by atoms with van der Waals surface area (Å²) >= 11 is 3.27. The highest BCUT2D eigenvalue weighted by Gasteiger charge is 2.28. The van der Waals surface area contributed by atoms with Crippen molar-refractivity contribution in [3.05, 3.63) is 76.0 Å². The normalized spacial score (nSPS) is 13.8. The van der Waals surface area contributed by atoms with E-state index in [2.05, 4.69) is 48.0 Å². The van der Waals surface area contributed by atoms with Gasteiger partial charge in [-0.15, -0.1) is 11.3 Å². The van der Waals surface area contributed by atoms with E-state index >= 15 is 0 Å². The Morgan fingerprint density at radius 3 is 2.50 bits per heavy atom. The molecule has 32 heavy (non-hydrogen) atoms. The van der Waals surface area contributed by atoms with Crippen molar-refractivity contribution in [3.8, 4) is 0 Å². The number of thiophene rings is 1. The molecule has 2 amide bonds. The number of nitrogens with zero attached hydrogens (tertiary/aromatic N) is 1. The quantitative estimate of drug-likeness (QED) is 0.421. The predicted molar refractivity (Wildman–Crippen MR) is 132 cm³/mol. The number of amides is 2. The Morgan fingerprint density at radius 1 is 1.09 bits per heavy atom. The van der Waals surface area contributed by atoms with Gasteiger partial charge in [0.15, 0.2) is 0 Å². The Labute approximate surface area is 198 Å². The molecule has 1 heterocycles. The number of benzene rings is 2. The lowest BCUT2D eigenvalue weighted by Crippen LogP contribution is -2.38. The van der Waals surface area contributed by atoms with Gasteiger partial charge in [-0.25, -0.2) is 0 Å². The van der Waals surface area contributed by atoms with Crippen LogP contribution in [0, 0.1) is 6.92 Å². The summed E-state index contributed by atoms with van der Waals surface area (Å²) in [6.45, 7) is 4.19. The number of nitrogens with one attached hydrogen (secondary N) is 1. The number of hydrogen-bond donors (Lipinski definition) is 1. The zero-order valence-electron chi connectivity index (χ0n) is 18.5. The predicted octanol–water partition coefficient (Wildman–Crippen LogP) is 6.75. The molecule has 1 saturated carbocycles. The molecule has 0 aliphatic heterocycles. The van der Waals surface area contributed by atoms with Gasteiger partial charge in [-0.05, 0) is 61.5 Å². The molecule has 0 unspecified atom stereocenters. The van der Waals surface area contributed by atoms with Crippen LogP contribution in [0.3, 0.4) is 0 Å². The first-order chi connectivity index (χ1) is 15.5. The second kappa shape index (κ2) is 10.4. The number of carbonyl (C=O) groups is 2. The summed E-state index contributed by atoms with van der Waals surface area (Å²) in [4.78, 5) is 30.7. The van der Waals surface area contributed by atoms with Crippen LogP contribution in [0.5, 0.6) is 0 Å². The van der Waals surface area contributed by atoms with E-state index in [1.807, 2.05) is 29.2 Å². The van der Waals surface area contributed by atoms with Crippen molar-refractivity contribution >= 4 is 40.6 Å². The van der Waals surface area contributed by atoms with Crippen molar-refractivity contribution in [3.63, 3.8) is 0 Å². The van der Waals surface area contributed by atoms with Gasteiger partial charge in [0.1, 0.15) is 0 Å². The third-order valence-electron chi connectivity index (χ3n) is 5.72. The molecule has 0 radical (unpaired) electrons. The van der Waals surface area contributed by atoms with E-state index in [1.54, 1.807) is 23.1 Å². The van der Waals surface area contributed by atoms with Crippen LogP contribution >= 0.6 is 23.1 Å². The Balaban J connectivity index is 1.62. The smallest absolute Gasteiger partial charge is 0.254 e. The number of anilines is 1. The van der Waals surface area contributed by atoms with E-state index in [9.17, 15) is 9.59 Å². The van der Waals surface area contributed by atoms with E-state index in [1.165, 1.54) is 30.2 Å². The van der Waals surface area contributed by atoms with Crippen LogP contribution in [0.4, 0.5) is 5.69 Å². The fraction of sp³-hybridized carbons (Fsp3) is 0.308. The van der Waals surface area contributed by atoms with Gasteiger partial charge in [-0.3, -0.25) is 9.59 Å². The zero-order chi connectivity index (χ0) is 22.5. The topological polar surface area (TPSA) is 49.4 Å². The number of carbonyl (C=O) groups excluding carboxylic acids is 2. The molecule has 4 rings (SSSR count). The van der Waals surface area contributed by atoms with Gasteiger partial charge in [0.05, 0.1) is 12.2 Å². The van der Waals surface area contributed by atoms with Gasteiger partial charge in [0.2, 0.25) is 5.91 Å². The van der Waals surface area contributed by atoms with Crippen LogP contribution in [-0.4, -0.2) is 22.8 Å². The molecule has 1 aliphatic rings. The first kappa shape index (κ1) is 22.6. The minimum atomic E-state index is -0.147. The molecule has 0 saturated heterocycles. The highest BCUT2D eigenvalue weighted by molar-refractivity contribution is 7.99. The van der Waals surface area contributed by atoms with E-state index < -0.39 is 0 Å². The van der Waals surface area contributed by atoms with Crippen LogP contribution in [0.15, 0.2) is 69.8 Å². The second-order valence-corrected chi connectivity index (χ2v) is 10.4. The lowest BCUT2D eigenvalue weighted by molar-refractivity contribution is -0.114. The summed E-state index contributed by atoms with van der Waals surface area (Å²) in [6, 6.07) is 18.3. The van der Waals surface area contributed by atoms with Gasteiger partial charge in [0.25, 0.3) is 5.91 Å². The van der Waals surface area contributed by atoms with Gasteiger partial charge in [-0.1, -0.05) is 48.4 Å². The fourth-order valence-corrected chi connectivity index (χ4v) is 5.68. The second-order valence-electron chi connectivity index (χ2n) is 8.26. The highest BCUT2D eigenvalue weighted by atomic mass is 32.2. The summed E-state index contributed by atoms with van der Waals surface area (Å²) in [5.41, 5.74) is 2.50. The van der Waals surface area contributed by atoms with Gasteiger partial charge in [-0.2, -0.15) is 0 Å². The SMILES string of the molecule is CC(=O)Nc1cc(C(=O)N(Cc2cccs2)C2CCCC2)ccc1Sc1ccc(C)cc1. The Bertz CT molecular complexity index is 1070. The van der Waals surface area contributed by atoms with Crippen LogP contribution in [-0.2, 0) is 11.3 Å². The molecule has 0 bridgehead atoms. The lowest BCUT2D eigenvalue weighted by atomic mass is 10.1. The summed E-state index contributed by atoms with van der Waals surface area (Å²) in [5, 5.41) is 4.98.